The first kappa shape index (κ1) is 12.2. The third-order valence-electron chi connectivity index (χ3n) is 2.70. The SMILES string of the molecule is O=CNCCCNC(=O)c1c[nH]c2ccccc12. The average molecular weight is 245 g/mol. The number of hydrogen-bond acceptors (Lipinski definition) is 2. The van der Waals surface area contributed by atoms with Crippen molar-refractivity contribution in [2.24, 2.45) is 0 Å². The lowest BCUT2D eigenvalue weighted by Crippen LogP contribution is -2.26. The first-order chi connectivity index (χ1) is 8.83. The summed E-state index contributed by atoms with van der Waals surface area (Å²) in [6.07, 6.45) is 3.08. The molecule has 0 aliphatic heterocycles. The van der Waals surface area contributed by atoms with Gasteiger partial charge in [0, 0.05) is 30.2 Å². The normalized spacial score (nSPS) is 10.2. The van der Waals surface area contributed by atoms with E-state index in [0.29, 0.717) is 31.5 Å². The molecule has 2 rings (SSSR count). The summed E-state index contributed by atoms with van der Waals surface area (Å²) in [7, 11) is 0. The van der Waals surface area contributed by atoms with Crippen molar-refractivity contribution in [2.75, 3.05) is 13.1 Å². The lowest BCUT2D eigenvalue weighted by atomic mass is 10.1. The summed E-state index contributed by atoms with van der Waals surface area (Å²) in [5.41, 5.74) is 1.60. The van der Waals surface area contributed by atoms with Crippen LogP contribution in [0.2, 0.25) is 0 Å². The average Bonchev–Trinajstić information content (AvgIpc) is 2.82. The summed E-state index contributed by atoms with van der Waals surface area (Å²) >= 11 is 0. The molecule has 0 atom stereocenters. The summed E-state index contributed by atoms with van der Waals surface area (Å²) in [4.78, 5) is 25.0. The number of fused-ring (bicyclic) bond motifs is 1. The molecule has 3 N–H and O–H groups in total. The van der Waals surface area contributed by atoms with Crippen molar-refractivity contribution in [3.05, 3.63) is 36.0 Å². The molecule has 1 aromatic carbocycles. The molecule has 0 radical (unpaired) electrons. The Kier molecular flexibility index (Phi) is 3.96. The number of nitrogens with one attached hydrogen (secondary N) is 3. The minimum absolute atomic E-state index is 0.0986. The Hall–Kier alpha value is -2.30. The van der Waals surface area contributed by atoms with E-state index in [1.54, 1.807) is 6.20 Å². The molecule has 0 fully saturated rings. The van der Waals surface area contributed by atoms with Gasteiger partial charge in [-0.2, -0.15) is 0 Å². The molecule has 18 heavy (non-hydrogen) atoms. The van der Waals surface area contributed by atoms with Crippen LogP contribution < -0.4 is 10.6 Å². The van der Waals surface area contributed by atoms with E-state index < -0.39 is 0 Å². The molecule has 1 heterocycles. The van der Waals surface area contributed by atoms with Crippen molar-refractivity contribution in [1.82, 2.24) is 15.6 Å². The summed E-state index contributed by atoms with van der Waals surface area (Å²) in [6.45, 7) is 1.11. The van der Waals surface area contributed by atoms with Crippen LogP contribution in [0.3, 0.4) is 0 Å². The summed E-state index contributed by atoms with van der Waals surface area (Å²) in [5.74, 6) is -0.0986. The van der Waals surface area contributed by atoms with Crippen LogP contribution in [-0.2, 0) is 4.79 Å². The number of para-hydroxylation sites is 1. The van der Waals surface area contributed by atoms with Crippen LogP contribution in [-0.4, -0.2) is 30.4 Å². The molecule has 0 aliphatic rings. The second-order valence-electron chi connectivity index (χ2n) is 3.93. The molecule has 94 valence electrons. The molecule has 0 bridgehead atoms. The van der Waals surface area contributed by atoms with E-state index in [-0.39, 0.29) is 5.91 Å². The second-order valence-corrected chi connectivity index (χ2v) is 3.93. The second kappa shape index (κ2) is 5.86. The number of benzene rings is 1. The summed E-state index contributed by atoms with van der Waals surface area (Å²) < 4.78 is 0. The van der Waals surface area contributed by atoms with Crippen molar-refractivity contribution in [2.45, 2.75) is 6.42 Å². The van der Waals surface area contributed by atoms with Crippen molar-refractivity contribution >= 4 is 23.2 Å². The molecule has 5 heteroatoms. The highest BCUT2D eigenvalue weighted by molar-refractivity contribution is 6.06. The Morgan fingerprint density at radius 2 is 2.11 bits per heavy atom. The van der Waals surface area contributed by atoms with Gasteiger partial charge in [-0.3, -0.25) is 9.59 Å². The van der Waals surface area contributed by atoms with Gasteiger partial charge in [0.2, 0.25) is 6.41 Å². The van der Waals surface area contributed by atoms with Gasteiger partial charge in [-0.15, -0.1) is 0 Å². The molecule has 0 spiro atoms. The van der Waals surface area contributed by atoms with Gasteiger partial charge in [-0.1, -0.05) is 18.2 Å². The number of aromatic amines is 1. The molecule has 0 saturated heterocycles. The minimum atomic E-state index is -0.0986. The highest BCUT2D eigenvalue weighted by Gasteiger charge is 2.10. The number of carbonyl (C=O) groups is 2. The van der Waals surface area contributed by atoms with Crippen LogP contribution in [0.1, 0.15) is 16.8 Å². The van der Waals surface area contributed by atoms with E-state index in [4.69, 9.17) is 0 Å². The molecule has 0 unspecified atom stereocenters. The minimum Gasteiger partial charge on any atom is -0.360 e. The van der Waals surface area contributed by atoms with Gasteiger partial charge in [-0.25, -0.2) is 0 Å². The molecule has 1 aromatic heterocycles. The Bertz CT molecular complexity index is 548. The van der Waals surface area contributed by atoms with Crippen LogP contribution in [0, 0.1) is 0 Å². The summed E-state index contributed by atoms with van der Waals surface area (Å²) in [5, 5.41) is 6.29. The fourth-order valence-electron chi connectivity index (χ4n) is 1.81. The number of H-pyrrole nitrogens is 1. The lowest BCUT2D eigenvalue weighted by molar-refractivity contribution is -0.109. The topological polar surface area (TPSA) is 74.0 Å². The van der Waals surface area contributed by atoms with E-state index in [0.717, 1.165) is 10.9 Å². The van der Waals surface area contributed by atoms with E-state index in [9.17, 15) is 9.59 Å². The van der Waals surface area contributed by atoms with Crippen LogP contribution in [0.5, 0.6) is 0 Å². The Balaban J connectivity index is 1.94. The maximum absolute atomic E-state index is 11.9. The van der Waals surface area contributed by atoms with Gasteiger partial charge < -0.3 is 15.6 Å². The lowest BCUT2D eigenvalue weighted by Gasteiger charge is -2.03. The van der Waals surface area contributed by atoms with Crippen LogP contribution in [0.4, 0.5) is 0 Å². The van der Waals surface area contributed by atoms with E-state index in [2.05, 4.69) is 15.6 Å². The highest BCUT2D eigenvalue weighted by Crippen LogP contribution is 2.17. The first-order valence-electron chi connectivity index (χ1n) is 5.84. The predicted molar refractivity (Wildman–Crippen MR) is 69.3 cm³/mol. The first-order valence-corrected chi connectivity index (χ1v) is 5.84. The molecule has 0 aliphatic carbocycles. The van der Waals surface area contributed by atoms with Crippen molar-refractivity contribution in [3.8, 4) is 0 Å². The number of hydrogen-bond donors (Lipinski definition) is 3. The predicted octanol–water partition coefficient (Wildman–Crippen LogP) is 1.03. The van der Waals surface area contributed by atoms with Gasteiger partial charge in [-0.05, 0) is 12.5 Å². The Labute approximate surface area is 105 Å². The zero-order valence-corrected chi connectivity index (χ0v) is 9.90. The monoisotopic (exact) mass is 245 g/mol. The number of aromatic nitrogens is 1. The van der Waals surface area contributed by atoms with Gasteiger partial charge in [0.05, 0.1) is 5.56 Å². The zero-order chi connectivity index (χ0) is 12.8. The molecule has 5 nitrogen and oxygen atoms in total. The van der Waals surface area contributed by atoms with E-state index in [1.807, 2.05) is 24.3 Å². The fourth-order valence-corrected chi connectivity index (χ4v) is 1.81. The highest BCUT2D eigenvalue weighted by atomic mass is 16.1. The fraction of sp³-hybridized carbons (Fsp3) is 0.231. The van der Waals surface area contributed by atoms with Gasteiger partial charge in [0.15, 0.2) is 0 Å². The Morgan fingerprint density at radius 3 is 2.94 bits per heavy atom. The molecular formula is C13H15N3O2. The molecule has 2 aromatic rings. The molecule has 0 saturated carbocycles. The molecule has 2 amide bonds. The third kappa shape index (κ3) is 2.68. The van der Waals surface area contributed by atoms with Gasteiger partial charge in [0.1, 0.15) is 0 Å². The van der Waals surface area contributed by atoms with Crippen molar-refractivity contribution in [3.63, 3.8) is 0 Å². The third-order valence-corrected chi connectivity index (χ3v) is 2.70. The number of rotatable bonds is 6. The van der Waals surface area contributed by atoms with Gasteiger partial charge >= 0.3 is 0 Å². The maximum Gasteiger partial charge on any atom is 0.253 e. The van der Waals surface area contributed by atoms with Crippen molar-refractivity contribution in [1.29, 1.82) is 0 Å². The van der Waals surface area contributed by atoms with Crippen LogP contribution in [0.15, 0.2) is 30.5 Å². The number of carbonyl (C=O) groups excluding carboxylic acids is 2. The van der Waals surface area contributed by atoms with Gasteiger partial charge in [0.25, 0.3) is 5.91 Å². The smallest absolute Gasteiger partial charge is 0.253 e. The maximum atomic E-state index is 11.9. The van der Waals surface area contributed by atoms with E-state index >= 15 is 0 Å². The quantitative estimate of drug-likeness (QED) is 0.525. The van der Waals surface area contributed by atoms with Crippen molar-refractivity contribution < 1.29 is 9.59 Å². The summed E-state index contributed by atoms with van der Waals surface area (Å²) in [6, 6.07) is 7.67. The standard InChI is InChI=1S/C13H15N3O2/c17-9-14-6-3-7-15-13(18)11-8-16-12-5-2-1-4-10(11)12/h1-2,4-5,8-9,16H,3,6-7H2,(H,14,17)(H,15,18). The largest absolute Gasteiger partial charge is 0.360 e. The van der Waals surface area contributed by atoms with E-state index in [1.165, 1.54) is 0 Å². The zero-order valence-electron chi connectivity index (χ0n) is 9.90. The Morgan fingerprint density at radius 1 is 1.28 bits per heavy atom. The molecular weight excluding hydrogens is 230 g/mol. The van der Waals surface area contributed by atoms with Crippen LogP contribution in [0.25, 0.3) is 10.9 Å². The number of amides is 2. The van der Waals surface area contributed by atoms with Crippen LogP contribution >= 0.6 is 0 Å².